The molecule has 28 heteroatoms. The van der Waals surface area contributed by atoms with Gasteiger partial charge in [0.05, 0.1) is 23.0 Å². The first kappa shape index (κ1) is 59.0. The topological polar surface area (TPSA) is 235 Å². The molecule has 4 rings (SSSR count). The molecule has 4 amide bonds. The second-order valence-corrected chi connectivity index (χ2v) is 18.0. The van der Waals surface area contributed by atoms with Crippen LogP contribution in [0.2, 0.25) is 0 Å². The summed E-state index contributed by atoms with van der Waals surface area (Å²) in [4.78, 5) is 59.5. The highest BCUT2D eigenvalue weighted by Crippen LogP contribution is 2.42. The number of aliphatic hydroxyl groups excluding tert-OH is 1. The van der Waals surface area contributed by atoms with Gasteiger partial charge in [0.1, 0.15) is 35.9 Å². The minimum absolute atomic E-state index is 0.0177. The highest BCUT2D eigenvalue weighted by atomic mass is 19.4. The van der Waals surface area contributed by atoms with E-state index in [0.717, 1.165) is 12.4 Å². The number of nitrogens with two attached hydrogens (primary N) is 2. The van der Waals surface area contributed by atoms with Crippen molar-refractivity contribution in [2.75, 3.05) is 6.54 Å². The van der Waals surface area contributed by atoms with Gasteiger partial charge in [-0.3, -0.25) is 15.0 Å². The Labute approximate surface area is 409 Å². The number of amides is 4. The lowest BCUT2D eigenvalue weighted by molar-refractivity contribution is -0.221. The van der Waals surface area contributed by atoms with Crippen LogP contribution in [0.5, 0.6) is 0 Å². The maximum atomic E-state index is 16.0. The molecule has 0 heterocycles. The molecule has 73 heavy (non-hydrogen) atoms. The van der Waals surface area contributed by atoms with Crippen molar-refractivity contribution >= 4 is 47.6 Å². The summed E-state index contributed by atoms with van der Waals surface area (Å²) < 4.78 is 181. The Kier molecular flexibility index (Phi) is 19.7. The molecular formula is C45H53F12N9O7. The Bertz CT molecular complexity index is 2370. The van der Waals surface area contributed by atoms with Gasteiger partial charge in [-0.05, 0) is 88.6 Å². The van der Waals surface area contributed by atoms with Crippen LogP contribution in [0.1, 0.15) is 75.6 Å². The zero-order chi connectivity index (χ0) is 54.8. The molecule has 0 unspecified atom stereocenters. The predicted octanol–water partition coefficient (Wildman–Crippen LogP) is 6.76. The monoisotopic (exact) mass is 1060 g/mol. The summed E-state index contributed by atoms with van der Waals surface area (Å²) in [6, 6.07) is -0.619. The quantitative estimate of drug-likeness (QED) is 0.0267. The number of hydrogen-bond donors (Lipinski definition) is 7. The molecule has 0 saturated heterocycles. The molecule has 0 aromatic heterocycles. The third-order valence-electron chi connectivity index (χ3n) is 11.6. The van der Waals surface area contributed by atoms with Crippen molar-refractivity contribution < 1.29 is 86.4 Å². The molecule has 16 nitrogen and oxygen atoms in total. The molecule has 4 atom stereocenters. The van der Waals surface area contributed by atoms with Crippen LogP contribution in [-0.4, -0.2) is 115 Å². The number of alkyl carbamates (subject to hydrolysis) is 2. The minimum atomic E-state index is -5.26. The van der Waals surface area contributed by atoms with Crippen molar-refractivity contribution in [2.45, 2.75) is 128 Å². The van der Waals surface area contributed by atoms with Crippen molar-refractivity contribution in [3.8, 4) is 0 Å². The maximum Gasteiger partial charge on any atom is 0.408 e. The number of nitrogens with zero attached hydrogens (tertiary/aromatic N) is 3. The largest absolute Gasteiger partial charge is 0.446 e. The van der Waals surface area contributed by atoms with Gasteiger partial charge in [-0.15, -0.1) is 0 Å². The van der Waals surface area contributed by atoms with E-state index in [2.05, 4.69) is 15.3 Å². The van der Waals surface area contributed by atoms with Gasteiger partial charge in [-0.1, -0.05) is 24.3 Å². The number of halogens is 12. The van der Waals surface area contributed by atoms with Crippen molar-refractivity contribution in [3.05, 3.63) is 82.7 Å². The van der Waals surface area contributed by atoms with Gasteiger partial charge in [0.15, 0.2) is 0 Å². The number of carbonyl (C=O) groups is 4. The molecule has 2 aromatic carbocycles. The lowest BCUT2D eigenvalue weighted by Crippen LogP contribution is -2.63. The van der Waals surface area contributed by atoms with Gasteiger partial charge in [-0.25, -0.2) is 33.4 Å². The van der Waals surface area contributed by atoms with E-state index >= 15 is 8.78 Å². The Balaban J connectivity index is 1.84. The number of aliphatic hydroxyl groups is 1. The molecule has 2 aliphatic carbocycles. The molecule has 9 N–H and O–H groups in total. The number of ether oxygens (including phenoxy) is 2. The van der Waals surface area contributed by atoms with Gasteiger partial charge in [-0.2, -0.15) is 43.9 Å². The molecule has 2 aliphatic rings. The summed E-state index contributed by atoms with van der Waals surface area (Å²) in [6.45, 7) is -6.62. The Morgan fingerprint density at radius 2 is 1.14 bits per heavy atom. The van der Waals surface area contributed by atoms with Gasteiger partial charge in [0.2, 0.25) is 5.91 Å². The van der Waals surface area contributed by atoms with Crippen molar-refractivity contribution in [1.82, 2.24) is 26.4 Å². The second kappa shape index (κ2) is 24.4. The number of allylic oxidation sites excluding steroid dienone is 2. The zero-order valence-electron chi connectivity index (χ0n) is 39.3. The Hall–Kier alpha value is -6.58. The van der Waals surface area contributed by atoms with Crippen LogP contribution in [0.4, 0.5) is 62.3 Å². The lowest BCUT2D eigenvalue weighted by atomic mass is 9.82. The number of alkyl halides is 10. The average molecular weight is 1060 g/mol. The molecule has 2 aromatic rings. The third kappa shape index (κ3) is 16.7. The summed E-state index contributed by atoms with van der Waals surface area (Å²) in [5, 5.41) is 18.4. The van der Waals surface area contributed by atoms with Crippen LogP contribution in [-0.2, 0) is 32.0 Å². The number of carbonyl (C=O) groups excluding carboxylic acids is 4. The number of hydrogen-bond acceptors (Lipinski definition) is 12. The normalized spacial score (nSPS) is 16.9. The number of hydrazine groups is 1. The third-order valence-corrected chi connectivity index (χ3v) is 11.6. The molecule has 0 aliphatic heterocycles. The number of aliphatic imine (C=N–C) groups is 2. The van der Waals surface area contributed by atoms with Gasteiger partial charge < -0.3 is 42.0 Å². The maximum absolute atomic E-state index is 16.0. The highest BCUT2D eigenvalue weighted by molar-refractivity contribution is 6.10. The minimum Gasteiger partial charge on any atom is -0.446 e. The smallest absolute Gasteiger partial charge is 0.408 e. The van der Waals surface area contributed by atoms with Crippen molar-refractivity contribution in [3.63, 3.8) is 0 Å². The summed E-state index contributed by atoms with van der Waals surface area (Å²) in [5.74, 6) is -6.32. The van der Waals surface area contributed by atoms with E-state index < -0.39 is 145 Å². The summed E-state index contributed by atoms with van der Waals surface area (Å²) in [6.07, 6.45) is -13.2. The van der Waals surface area contributed by atoms with Crippen LogP contribution < -0.4 is 32.8 Å². The predicted molar refractivity (Wildman–Crippen MR) is 239 cm³/mol. The SMILES string of the molecule is CC(C)([C@H](NC(=O)OC1CC1)C(=O)N[C@@H](Cc1ccc(C(C=NC(F)F)=CN)cc1)[C@@H](O)CN(Cc1c(F)cc(C(C=NC(F)F)=CN)cc1F)NC(=O)[C@@H](NC(=O)OC1CC1)C(C)(C)C(F)(F)F)C(F)(F)F. The van der Waals surface area contributed by atoms with E-state index in [1.807, 2.05) is 16.1 Å². The average Bonchev–Trinajstić information content (AvgIpc) is 4.24. The lowest BCUT2D eigenvalue weighted by Gasteiger charge is -2.38. The molecule has 2 saturated carbocycles. The first-order chi connectivity index (χ1) is 33.9. The van der Waals surface area contributed by atoms with Gasteiger partial charge in [0.25, 0.3) is 5.91 Å². The Morgan fingerprint density at radius 3 is 1.53 bits per heavy atom. The fourth-order valence-electron chi connectivity index (χ4n) is 6.63. The van der Waals surface area contributed by atoms with Gasteiger partial charge >= 0.3 is 37.6 Å². The van der Waals surface area contributed by atoms with E-state index in [9.17, 15) is 68.2 Å². The van der Waals surface area contributed by atoms with Crippen LogP contribution in [0.25, 0.3) is 11.1 Å². The number of benzene rings is 2. The highest BCUT2D eigenvalue weighted by Gasteiger charge is 2.57. The van der Waals surface area contributed by atoms with E-state index in [1.165, 1.54) is 24.3 Å². The Morgan fingerprint density at radius 1 is 0.712 bits per heavy atom. The van der Waals surface area contributed by atoms with Crippen LogP contribution >= 0.6 is 0 Å². The van der Waals surface area contributed by atoms with Crippen LogP contribution in [0.15, 0.2) is 58.8 Å². The van der Waals surface area contributed by atoms with Gasteiger partial charge in [0, 0.05) is 54.6 Å². The summed E-state index contributed by atoms with van der Waals surface area (Å²) in [7, 11) is 0. The van der Waals surface area contributed by atoms with Crippen LogP contribution in [0.3, 0.4) is 0 Å². The molecule has 0 radical (unpaired) electrons. The zero-order valence-corrected chi connectivity index (χ0v) is 39.3. The van der Waals surface area contributed by atoms with E-state index in [-0.39, 0.29) is 16.7 Å². The molecular weight excluding hydrogens is 1010 g/mol. The molecule has 404 valence electrons. The summed E-state index contributed by atoms with van der Waals surface area (Å²) >= 11 is 0. The second-order valence-electron chi connectivity index (χ2n) is 18.0. The molecule has 2 fully saturated rings. The fraction of sp³-hybridized carbons (Fsp3) is 0.511. The standard InChI is InChI=1S/C45H53F12N9O7/c1-42(2,44(52,53)54)34(63-40(70)72-27-9-10-27)36(68)62-32(13-22-5-7-23(8-6-22)25(16-58)18-60-38(48)49)33(67)21-66(20-29-30(46)14-24(15-31(29)47)26(17-59)19-61-39(50)51)65-37(69)35(43(3,4)45(55,56)57)64-41(71)73-28-11-12-28/h5-8,14-19,27-28,32-35,38-39,67H,9-13,20-21,58-59H2,1-4H3,(H,62,68)(H,63,70)(H,64,71)(H,65,69)/t32-,33-,34+,35+/m0/s1. The summed E-state index contributed by atoms with van der Waals surface area (Å²) in [5.41, 5.74) is 5.21. The van der Waals surface area contributed by atoms with Crippen LogP contribution in [0, 0.1) is 22.5 Å². The first-order valence-electron chi connectivity index (χ1n) is 22.0. The fourth-order valence-corrected chi connectivity index (χ4v) is 6.63. The number of nitrogens with one attached hydrogen (secondary N) is 4. The van der Waals surface area contributed by atoms with E-state index in [0.29, 0.717) is 82.9 Å². The van der Waals surface area contributed by atoms with Crippen molar-refractivity contribution in [1.29, 1.82) is 0 Å². The molecule has 0 spiro atoms. The first-order valence-corrected chi connectivity index (χ1v) is 22.0. The number of rotatable bonds is 23. The van der Waals surface area contributed by atoms with E-state index in [4.69, 9.17) is 20.9 Å². The van der Waals surface area contributed by atoms with E-state index in [1.54, 1.807) is 0 Å². The van der Waals surface area contributed by atoms with Crippen molar-refractivity contribution in [2.24, 2.45) is 32.3 Å². The molecule has 0 bridgehead atoms.